The first kappa shape index (κ1) is 17.3. The third kappa shape index (κ3) is 4.98. The molecule has 5 heteroatoms. The Hall–Kier alpha value is -2.04. The summed E-state index contributed by atoms with van der Waals surface area (Å²) >= 11 is 0. The van der Waals surface area contributed by atoms with E-state index in [0.717, 1.165) is 18.4 Å². The molecule has 2 rings (SSSR count). The summed E-state index contributed by atoms with van der Waals surface area (Å²) in [5.74, 6) is 0.335. The summed E-state index contributed by atoms with van der Waals surface area (Å²) in [7, 11) is 0. The Morgan fingerprint density at radius 2 is 2.04 bits per heavy atom. The summed E-state index contributed by atoms with van der Waals surface area (Å²) in [6.45, 7) is 6.90. The maximum atomic E-state index is 12.1. The van der Waals surface area contributed by atoms with Gasteiger partial charge in [0.2, 0.25) is 5.91 Å². The lowest BCUT2D eigenvalue weighted by Gasteiger charge is -2.23. The van der Waals surface area contributed by atoms with Crippen LogP contribution < -0.4 is 15.4 Å². The lowest BCUT2D eigenvalue weighted by atomic mass is 9.86. The first-order valence-electron chi connectivity index (χ1n) is 8.17. The molecule has 1 aromatic carbocycles. The van der Waals surface area contributed by atoms with Crippen LogP contribution in [-0.4, -0.2) is 31.0 Å². The average Bonchev–Trinajstić information content (AvgIpc) is 2.70. The zero-order valence-electron chi connectivity index (χ0n) is 14.1. The van der Waals surface area contributed by atoms with E-state index in [9.17, 15) is 9.59 Å². The number of carbonyl (C=O) groups excluding carboxylic acids is 2. The van der Waals surface area contributed by atoms with E-state index in [-0.39, 0.29) is 23.8 Å². The van der Waals surface area contributed by atoms with Crippen LogP contribution in [0.15, 0.2) is 24.3 Å². The molecule has 2 amide bonds. The highest BCUT2D eigenvalue weighted by Gasteiger charge is 2.23. The third-order valence-corrected chi connectivity index (χ3v) is 3.92. The first-order chi connectivity index (χ1) is 10.9. The molecular formula is C18H26N2O3. The summed E-state index contributed by atoms with van der Waals surface area (Å²) < 4.78 is 5.69. The Labute approximate surface area is 137 Å². The third-order valence-electron chi connectivity index (χ3n) is 3.92. The number of ether oxygens (including phenoxy) is 1. The molecular weight excluding hydrogens is 292 g/mol. The van der Waals surface area contributed by atoms with Gasteiger partial charge in [-0.15, -0.1) is 0 Å². The van der Waals surface area contributed by atoms with Gasteiger partial charge in [-0.3, -0.25) is 9.59 Å². The minimum Gasteiger partial charge on any atom is -0.483 e. The van der Waals surface area contributed by atoms with Gasteiger partial charge in [0.25, 0.3) is 5.91 Å². The quantitative estimate of drug-likeness (QED) is 0.894. The van der Waals surface area contributed by atoms with Gasteiger partial charge in [0.15, 0.2) is 6.61 Å². The van der Waals surface area contributed by atoms with E-state index < -0.39 is 6.04 Å². The van der Waals surface area contributed by atoms with Crippen LogP contribution in [0.4, 0.5) is 0 Å². The molecule has 23 heavy (non-hydrogen) atoms. The Kier molecular flexibility index (Phi) is 5.64. The van der Waals surface area contributed by atoms with E-state index in [2.05, 4.69) is 31.4 Å². The van der Waals surface area contributed by atoms with Crippen LogP contribution in [0, 0.1) is 0 Å². The Morgan fingerprint density at radius 3 is 2.78 bits per heavy atom. The van der Waals surface area contributed by atoms with Gasteiger partial charge in [-0.2, -0.15) is 0 Å². The van der Waals surface area contributed by atoms with Gasteiger partial charge in [-0.05, 0) is 36.3 Å². The van der Waals surface area contributed by atoms with Crippen LogP contribution in [-0.2, 0) is 15.0 Å². The van der Waals surface area contributed by atoms with Crippen molar-refractivity contribution in [2.45, 2.75) is 51.5 Å². The zero-order chi connectivity index (χ0) is 16.9. The van der Waals surface area contributed by atoms with Crippen LogP contribution in [0.25, 0.3) is 0 Å². The summed E-state index contributed by atoms with van der Waals surface area (Å²) in [4.78, 5) is 23.9. The van der Waals surface area contributed by atoms with Gasteiger partial charge in [0, 0.05) is 6.54 Å². The fourth-order valence-corrected chi connectivity index (χ4v) is 2.67. The van der Waals surface area contributed by atoms with E-state index in [0.29, 0.717) is 18.7 Å². The highest BCUT2D eigenvalue weighted by Crippen LogP contribution is 2.30. The standard InChI is InChI=1S/C18H26N2O3/c1-18(2,3)13-8-4-5-10-15(13)23-12-16(21)20-14-9-6-7-11-19-17(14)22/h4-5,8,10,14H,6-7,9,11-12H2,1-3H3,(H,19,22)(H,20,21). The van der Waals surface area contributed by atoms with Crippen LogP contribution in [0.1, 0.15) is 45.6 Å². The van der Waals surface area contributed by atoms with Crippen LogP contribution in [0.3, 0.4) is 0 Å². The molecule has 2 N–H and O–H groups in total. The summed E-state index contributed by atoms with van der Waals surface area (Å²) in [5.41, 5.74) is 0.994. The zero-order valence-corrected chi connectivity index (χ0v) is 14.1. The van der Waals surface area contributed by atoms with E-state index in [4.69, 9.17) is 4.74 Å². The fourth-order valence-electron chi connectivity index (χ4n) is 2.67. The molecule has 0 saturated carbocycles. The second kappa shape index (κ2) is 7.49. The van der Waals surface area contributed by atoms with Crippen LogP contribution in [0.5, 0.6) is 5.75 Å². The molecule has 0 aromatic heterocycles. The Balaban J connectivity index is 1.93. The van der Waals surface area contributed by atoms with Crippen molar-refractivity contribution >= 4 is 11.8 Å². The van der Waals surface area contributed by atoms with Crippen molar-refractivity contribution in [3.63, 3.8) is 0 Å². The molecule has 1 heterocycles. The molecule has 5 nitrogen and oxygen atoms in total. The summed E-state index contributed by atoms with van der Waals surface area (Å²) in [5, 5.41) is 5.57. The predicted octanol–water partition coefficient (Wildman–Crippen LogP) is 2.15. The fraction of sp³-hybridized carbons (Fsp3) is 0.556. The molecule has 0 bridgehead atoms. The van der Waals surface area contributed by atoms with E-state index in [1.807, 2.05) is 24.3 Å². The molecule has 0 aliphatic carbocycles. The van der Waals surface area contributed by atoms with Gasteiger partial charge >= 0.3 is 0 Å². The van der Waals surface area contributed by atoms with Gasteiger partial charge < -0.3 is 15.4 Å². The van der Waals surface area contributed by atoms with Crippen molar-refractivity contribution < 1.29 is 14.3 Å². The molecule has 1 aromatic rings. The van der Waals surface area contributed by atoms with Crippen molar-refractivity contribution in [1.82, 2.24) is 10.6 Å². The second-order valence-electron chi connectivity index (χ2n) is 6.94. The lowest BCUT2D eigenvalue weighted by molar-refractivity contribution is -0.129. The highest BCUT2D eigenvalue weighted by atomic mass is 16.5. The monoisotopic (exact) mass is 318 g/mol. The number of carbonyl (C=O) groups is 2. The maximum Gasteiger partial charge on any atom is 0.258 e. The summed E-state index contributed by atoms with van der Waals surface area (Å²) in [6, 6.07) is 7.27. The molecule has 0 spiro atoms. The normalized spacial score (nSPS) is 18.7. The number of amides is 2. The largest absolute Gasteiger partial charge is 0.483 e. The van der Waals surface area contributed by atoms with E-state index in [1.54, 1.807) is 0 Å². The number of para-hydroxylation sites is 1. The topological polar surface area (TPSA) is 67.4 Å². The van der Waals surface area contributed by atoms with Crippen molar-refractivity contribution in [3.05, 3.63) is 29.8 Å². The van der Waals surface area contributed by atoms with Gasteiger partial charge in [0.05, 0.1) is 0 Å². The Morgan fingerprint density at radius 1 is 1.30 bits per heavy atom. The molecule has 1 saturated heterocycles. The van der Waals surface area contributed by atoms with Crippen molar-refractivity contribution in [2.75, 3.05) is 13.2 Å². The van der Waals surface area contributed by atoms with Gasteiger partial charge in [-0.25, -0.2) is 0 Å². The van der Waals surface area contributed by atoms with Crippen molar-refractivity contribution in [3.8, 4) is 5.75 Å². The predicted molar refractivity (Wildman–Crippen MR) is 89.4 cm³/mol. The lowest BCUT2D eigenvalue weighted by Crippen LogP contribution is -2.46. The molecule has 0 radical (unpaired) electrons. The first-order valence-corrected chi connectivity index (χ1v) is 8.17. The average molecular weight is 318 g/mol. The number of rotatable bonds is 4. The van der Waals surface area contributed by atoms with E-state index in [1.165, 1.54) is 0 Å². The molecule has 1 fully saturated rings. The smallest absolute Gasteiger partial charge is 0.258 e. The number of nitrogens with one attached hydrogen (secondary N) is 2. The summed E-state index contributed by atoms with van der Waals surface area (Å²) in [6.07, 6.45) is 2.56. The highest BCUT2D eigenvalue weighted by molar-refractivity contribution is 5.88. The van der Waals surface area contributed by atoms with Crippen LogP contribution in [0.2, 0.25) is 0 Å². The molecule has 1 aliphatic rings. The second-order valence-corrected chi connectivity index (χ2v) is 6.94. The van der Waals surface area contributed by atoms with Crippen molar-refractivity contribution in [1.29, 1.82) is 0 Å². The van der Waals surface area contributed by atoms with Gasteiger partial charge in [-0.1, -0.05) is 39.0 Å². The van der Waals surface area contributed by atoms with Crippen molar-refractivity contribution in [2.24, 2.45) is 0 Å². The minimum absolute atomic E-state index is 0.0613. The minimum atomic E-state index is -0.452. The number of benzene rings is 1. The molecule has 1 atom stereocenters. The number of hydrogen-bond acceptors (Lipinski definition) is 3. The molecule has 126 valence electrons. The van der Waals surface area contributed by atoms with Crippen LogP contribution >= 0.6 is 0 Å². The van der Waals surface area contributed by atoms with E-state index >= 15 is 0 Å². The Bertz CT molecular complexity index is 564. The SMILES string of the molecule is CC(C)(C)c1ccccc1OCC(=O)NC1CCCCNC1=O. The number of hydrogen-bond donors (Lipinski definition) is 2. The molecule has 1 unspecified atom stereocenters. The molecule has 1 aliphatic heterocycles. The maximum absolute atomic E-state index is 12.1. The van der Waals surface area contributed by atoms with Gasteiger partial charge in [0.1, 0.15) is 11.8 Å².